The Kier molecular flexibility index (Phi) is 7.07. The van der Waals surface area contributed by atoms with E-state index in [0.29, 0.717) is 23.6 Å². The van der Waals surface area contributed by atoms with Crippen LogP contribution in [0.2, 0.25) is 0 Å². The number of para-hydroxylation sites is 1. The third-order valence-electron chi connectivity index (χ3n) is 5.12. The molecule has 3 aromatic carbocycles. The first-order chi connectivity index (χ1) is 16.2. The molecule has 0 saturated carbocycles. The van der Waals surface area contributed by atoms with Gasteiger partial charge in [0.25, 0.3) is 0 Å². The van der Waals surface area contributed by atoms with Gasteiger partial charge in [-0.3, -0.25) is 0 Å². The van der Waals surface area contributed by atoms with Gasteiger partial charge in [-0.05, 0) is 18.1 Å². The predicted octanol–water partition coefficient (Wildman–Crippen LogP) is 4.14. The highest BCUT2D eigenvalue weighted by atomic mass is 16.5. The molecule has 0 amide bonds. The first kappa shape index (κ1) is 22.2. The smallest absolute Gasteiger partial charge is 0.364 e. The second-order valence-corrected chi connectivity index (χ2v) is 7.57. The summed E-state index contributed by atoms with van der Waals surface area (Å²) in [5.41, 5.74) is 3.17. The molecule has 1 heterocycles. The third-order valence-corrected chi connectivity index (χ3v) is 5.12. The molecule has 6 nitrogen and oxygen atoms in total. The van der Waals surface area contributed by atoms with Gasteiger partial charge >= 0.3 is 5.69 Å². The monoisotopic (exact) mass is 439 g/mol. The summed E-state index contributed by atoms with van der Waals surface area (Å²) in [6, 6.07) is 26.6. The number of hydrogen-bond donors (Lipinski definition) is 1. The van der Waals surface area contributed by atoms with Gasteiger partial charge in [0.05, 0.1) is 6.54 Å². The Morgan fingerprint density at radius 2 is 1.52 bits per heavy atom. The third kappa shape index (κ3) is 5.42. The van der Waals surface area contributed by atoms with E-state index in [2.05, 4.69) is 16.7 Å². The molecule has 0 aliphatic carbocycles. The van der Waals surface area contributed by atoms with Crippen molar-refractivity contribution in [2.24, 2.45) is 0 Å². The molecule has 1 atom stereocenters. The number of allylic oxidation sites excluding steroid dienone is 1. The molecule has 0 aliphatic rings. The molecule has 4 rings (SSSR count). The van der Waals surface area contributed by atoms with Gasteiger partial charge in [-0.15, -0.1) is 6.58 Å². The van der Waals surface area contributed by atoms with Crippen LogP contribution in [0.25, 0.3) is 22.5 Å². The molecule has 0 aliphatic heterocycles. The Balaban J connectivity index is 1.59. The molecule has 0 fully saturated rings. The summed E-state index contributed by atoms with van der Waals surface area (Å²) in [4.78, 5) is 17.1. The van der Waals surface area contributed by atoms with Gasteiger partial charge in [0.1, 0.15) is 29.8 Å². The minimum atomic E-state index is -0.944. The summed E-state index contributed by atoms with van der Waals surface area (Å²) in [6.45, 7) is 3.74. The van der Waals surface area contributed by atoms with Crippen molar-refractivity contribution in [1.29, 1.82) is 0 Å². The fraction of sp³-hybridized carbons (Fsp3) is 0.148. The quantitative estimate of drug-likeness (QED) is 0.397. The van der Waals surface area contributed by atoms with Crippen LogP contribution in [0, 0.1) is 0 Å². The lowest BCUT2D eigenvalue weighted by molar-refractivity contribution is 0.0872. The Labute approximate surface area is 192 Å². The first-order valence-corrected chi connectivity index (χ1v) is 10.8. The number of ether oxygens (including phenoxy) is 1. The molecule has 0 radical (unpaired) electrons. The van der Waals surface area contributed by atoms with E-state index in [1.54, 1.807) is 6.08 Å². The summed E-state index contributed by atoms with van der Waals surface area (Å²) in [5.74, 6) is 0.680. The average molecular weight is 440 g/mol. The summed E-state index contributed by atoms with van der Waals surface area (Å²) >= 11 is 0. The number of aliphatic hydroxyl groups is 1. The number of benzene rings is 3. The number of rotatable bonds is 9. The van der Waals surface area contributed by atoms with E-state index in [-0.39, 0.29) is 13.2 Å². The van der Waals surface area contributed by atoms with Crippen molar-refractivity contribution in [3.05, 3.63) is 114 Å². The van der Waals surface area contributed by atoms with Gasteiger partial charge < -0.3 is 9.84 Å². The van der Waals surface area contributed by atoms with Crippen molar-refractivity contribution >= 4 is 0 Å². The Hall–Kier alpha value is -4.03. The van der Waals surface area contributed by atoms with Gasteiger partial charge in [0.2, 0.25) is 0 Å². The van der Waals surface area contributed by atoms with Gasteiger partial charge in [-0.1, -0.05) is 84.9 Å². The van der Waals surface area contributed by atoms with E-state index in [1.165, 1.54) is 4.68 Å². The van der Waals surface area contributed by atoms with E-state index in [4.69, 9.17) is 4.74 Å². The molecular formula is C27H25N3O3. The van der Waals surface area contributed by atoms with Crippen molar-refractivity contribution in [3.63, 3.8) is 0 Å². The highest BCUT2D eigenvalue weighted by molar-refractivity contribution is 5.77. The normalized spacial score (nSPS) is 11.7. The standard InChI is InChI=1S/C27H25N3O3/c1-2-11-20-12-9-10-17-24(20)33-19-23(31)18-30-27(32)28-25(21-13-5-3-6-14-21)26(29-30)22-15-7-4-8-16-22/h2-10,12-17,23,31H,1,11,18-19H2. The van der Waals surface area contributed by atoms with Crippen LogP contribution in [-0.4, -0.2) is 32.6 Å². The SMILES string of the molecule is C=CCc1ccccc1OCC(O)Cn1nc(-c2ccccc2)c(-c2ccccc2)nc1=O. The molecule has 33 heavy (non-hydrogen) atoms. The van der Waals surface area contributed by atoms with Crippen molar-refractivity contribution in [3.8, 4) is 28.3 Å². The van der Waals surface area contributed by atoms with Crippen LogP contribution >= 0.6 is 0 Å². The highest BCUT2D eigenvalue weighted by Crippen LogP contribution is 2.27. The van der Waals surface area contributed by atoms with E-state index in [9.17, 15) is 9.90 Å². The number of aliphatic hydroxyl groups excluding tert-OH is 1. The van der Waals surface area contributed by atoms with Crippen LogP contribution < -0.4 is 10.4 Å². The fourth-order valence-electron chi connectivity index (χ4n) is 3.53. The largest absolute Gasteiger partial charge is 0.491 e. The van der Waals surface area contributed by atoms with Crippen molar-refractivity contribution in [1.82, 2.24) is 14.8 Å². The van der Waals surface area contributed by atoms with Crippen molar-refractivity contribution in [2.45, 2.75) is 19.1 Å². The first-order valence-electron chi connectivity index (χ1n) is 10.8. The van der Waals surface area contributed by atoms with E-state index in [0.717, 1.165) is 16.7 Å². The second-order valence-electron chi connectivity index (χ2n) is 7.57. The average Bonchev–Trinajstić information content (AvgIpc) is 2.86. The van der Waals surface area contributed by atoms with E-state index < -0.39 is 11.8 Å². The van der Waals surface area contributed by atoms with Gasteiger partial charge in [-0.25, -0.2) is 9.48 Å². The van der Waals surface area contributed by atoms with Crippen LogP contribution in [0.5, 0.6) is 5.75 Å². The topological polar surface area (TPSA) is 77.2 Å². The fourth-order valence-corrected chi connectivity index (χ4v) is 3.53. The van der Waals surface area contributed by atoms with E-state index >= 15 is 0 Å². The zero-order valence-corrected chi connectivity index (χ0v) is 18.2. The molecule has 1 unspecified atom stereocenters. The van der Waals surface area contributed by atoms with Crippen LogP contribution in [-0.2, 0) is 13.0 Å². The van der Waals surface area contributed by atoms with Crippen LogP contribution in [0.3, 0.4) is 0 Å². The molecule has 0 saturated heterocycles. The van der Waals surface area contributed by atoms with Gasteiger partial charge in [0, 0.05) is 11.1 Å². The summed E-state index contributed by atoms with van der Waals surface area (Å²) in [5, 5.41) is 15.2. The zero-order chi connectivity index (χ0) is 23.0. The van der Waals surface area contributed by atoms with Crippen molar-refractivity contribution < 1.29 is 9.84 Å². The predicted molar refractivity (Wildman–Crippen MR) is 129 cm³/mol. The lowest BCUT2D eigenvalue weighted by Crippen LogP contribution is -2.34. The molecule has 0 spiro atoms. The molecular weight excluding hydrogens is 414 g/mol. The number of nitrogens with zero attached hydrogens (tertiary/aromatic N) is 3. The molecule has 166 valence electrons. The maximum atomic E-state index is 12.8. The maximum Gasteiger partial charge on any atom is 0.364 e. The molecule has 1 aromatic heterocycles. The lowest BCUT2D eigenvalue weighted by Gasteiger charge is -2.16. The molecule has 0 bridgehead atoms. The number of aromatic nitrogens is 3. The zero-order valence-electron chi connectivity index (χ0n) is 18.2. The minimum Gasteiger partial charge on any atom is -0.491 e. The van der Waals surface area contributed by atoms with Gasteiger partial charge in [-0.2, -0.15) is 10.1 Å². The molecule has 6 heteroatoms. The minimum absolute atomic E-state index is 0.0172. The highest BCUT2D eigenvalue weighted by Gasteiger charge is 2.17. The van der Waals surface area contributed by atoms with Crippen LogP contribution in [0.1, 0.15) is 5.56 Å². The summed E-state index contributed by atoms with van der Waals surface area (Å²) in [6.07, 6.45) is 1.52. The Morgan fingerprint density at radius 1 is 0.909 bits per heavy atom. The maximum absolute atomic E-state index is 12.8. The Bertz CT molecular complexity index is 1270. The Morgan fingerprint density at radius 3 is 2.18 bits per heavy atom. The van der Waals surface area contributed by atoms with Gasteiger partial charge in [0.15, 0.2) is 0 Å². The van der Waals surface area contributed by atoms with Crippen molar-refractivity contribution in [2.75, 3.05) is 6.61 Å². The second kappa shape index (κ2) is 10.5. The molecule has 4 aromatic rings. The van der Waals surface area contributed by atoms with E-state index in [1.807, 2.05) is 84.9 Å². The van der Waals surface area contributed by atoms with Crippen LogP contribution in [0.4, 0.5) is 0 Å². The van der Waals surface area contributed by atoms with Crippen LogP contribution in [0.15, 0.2) is 102 Å². The number of hydrogen-bond acceptors (Lipinski definition) is 5. The summed E-state index contributed by atoms with van der Waals surface area (Å²) < 4.78 is 7.00. The summed E-state index contributed by atoms with van der Waals surface area (Å²) in [7, 11) is 0. The molecule has 1 N–H and O–H groups in total. The lowest BCUT2D eigenvalue weighted by atomic mass is 10.0.